The highest BCUT2D eigenvalue weighted by Gasteiger charge is 2.19. The summed E-state index contributed by atoms with van der Waals surface area (Å²) in [5.41, 5.74) is 19.8. The SMILES string of the molecule is CC(C)(C)NCc1ccc(C(=O)CCCO)cc1.CC(C)(C)NCc1ccc(C(=O)O)cc1.CC(C)(C)NCc1ccc(C(=O)OCCO)cc1.CC(C)(C)NCc1ccc(C(N)=O)cc1.CN(C)C(=O)c1ccc(CNC(C)(C)C)cc1.CNC(=O)c1ccc(CNC(C)(C)C)cc1.COC(=O)c1ccc(CNC(C)(C)C)cc1.COCCOC(=O)c1ccc(CNC(C)(C)C)cc1. The van der Waals surface area contributed by atoms with Crippen LogP contribution in [0.15, 0.2) is 194 Å². The number of Topliss-reactive ketones (excluding diaryl/α,β-unsaturated/α-hetero) is 1. The van der Waals surface area contributed by atoms with E-state index in [9.17, 15) is 38.4 Å². The van der Waals surface area contributed by atoms with Crippen molar-refractivity contribution in [2.24, 2.45) is 5.73 Å². The lowest BCUT2D eigenvalue weighted by Crippen LogP contribution is -2.35. The molecule has 26 heteroatoms. The summed E-state index contributed by atoms with van der Waals surface area (Å²) in [4.78, 5) is 92.1. The van der Waals surface area contributed by atoms with E-state index in [1.807, 2.05) is 133 Å². The molecule has 0 heterocycles. The number of nitrogens with zero attached hydrogens (tertiary/aromatic N) is 1. The van der Waals surface area contributed by atoms with Gasteiger partial charge in [-0.15, -0.1) is 0 Å². The van der Waals surface area contributed by atoms with Crippen LogP contribution in [0, 0.1) is 0 Å². The minimum absolute atomic E-state index is 0.0339. The van der Waals surface area contributed by atoms with Crippen LogP contribution in [0.5, 0.6) is 0 Å². The lowest BCUT2D eigenvalue weighted by molar-refractivity contribution is 0.0386. The zero-order valence-corrected chi connectivity index (χ0v) is 85.8. The second kappa shape index (κ2) is 60.6. The predicted molar refractivity (Wildman–Crippen MR) is 543 cm³/mol. The quantitative estimate of drug-likeness (QED) is 0.00806. The number of aliphatic hydroxyl groups excluding tert-OH is 2. The summed E-state index contributed by atoms with van der Waals surface area (Å²) >= 11 is 0. The van der Waals surface area contributed by atoms with E-state index in [4.69, 9.17) is 35.3 Å². The average molecular weight is 1860 g/mol. The first-order chi connectivity index (χ1) is 62.2. The van der Waals surface area contributed by atoms with E-state index >= 15 is 0 Å². The van der Waals surface area contributed by atoms with Crippen LogP contribution in [0.1, 0.15) is 306 Å². The van der Waals surface area contributed by atoms with Crippen LogP contribution >= 0.6 is 0 Å². The number of carbonyl (C=O) groups excluding carboxylic acids is 7. The summed E-state index contributed by atoms with van der Waals surface area (Å²) in [6.45, 7) is 57.8. The number of benzene rings is 8. The monoisotopic (exact) mass is 1850 g/mol. The number of hydrogen-bond acceptors (Lipinski definition) is 22. The Kier molecular flexibility index (Phi) is 54.9. The Bertz CT molecular complexity index is 4480. The number of amides is 3. The van der Waals surface area contributed by atoms with E-state index in [2.05, 4.69) is 219 Å². The number of carboxylic acid groups (broad SMARTS) is 1. The third-order valence-electron chi connectivity index (χ3n) is 18.5. The molecule has 0 aliphatic carbocycles. The van der Waals surface area contributed by atoms with Crippen molar-refractivity contribution in [1.29, 1.82) is 0 Å². The minimum Gasteiger partial charge on any atom is -0.478 e. The number of nitrogens with two attached hydrogens (primary N) is 1. The van der Waals surface area contributed by atoms with Crippen molar-refractivity contribution >= 4 is 47.4 Å². The third-order valence-corrected chi connectivity index (χ3v) is 18.5. The van der Waals surface area contributed by atoms with E-state index in [-0.39, 0.29) is 106 Å². The number of aromatic carboxylic acids is 1. The molecule has 0 aliphatic heterocycles. The molecule has 8 rings (SSSR count). The number of esters is 3. The summed E-state index contributed by atoms with van der Waals surface area (Å²) in [5.74, 6) is -2.19. The standard InChI is InChI=1S/C15H23NO3.C15H23NO2.C14H22N2O.C14H21NO3.C13H20N2O.C13H19NO2.C12H18N2O.C12H17NO2/c1-15(2,3)16-11-12-5-7-13(8-6-12)14(17)19-10-9-18-4;1-15(2,3)16-11-12-6-8-13(9-7-12)14(18)5-4-10-17;1-14(2,3)15-10-11-6-8-12(9-7-11)13(17)16(4)5;1-14(2,3)15-10-11-4-6-12(7-5-11)13(17)18-9-8-16;1-13(2,3)15-9-10-5-7-11(8-6-10)12(16)14-4;1-13(2,3)14-9-10-5-7-11(8-6-10)12(15)16-4;1-12(2,3)14-8-9-4-6-10(7-5-9)11(13)15;1-12(2,3)13-8-9-4-6-10(7-5-9)11(14)15/h5-8,16H,9-11H2,1-4H3;6-9,16-17H,4-5,10-11H2,1-3H3;6-9,15H,10H2,1-5H3;4-7,15-16H,8-10H2,1-3H3;5-8,15H,9H2,1-4H3,(H,14,16);5-8,14H,9H2,1-4H3;4-7,14H,8H2,1-3H3,(H2,13,15);4-7,13H,8H2,1-3H3,(H,14,15). The number of primary amides is 1. The van der Waals surface area contributed by atoms with Gasteiger partial charge in [0, 0.05) is 160 Å². The van der Waals surface area contributed by atoms with Crippen LogP contribution in [-0.2, 0) is 71.3 Å². The topological polar surface area (TPSA) is 372 Å². The lowest BCUT2D eigenvalue weighted by atomic mass is 10.0. The number of carbonyl (C=O) groups is 8. The molecule has 8 aromatic carbocycles. The molecule has 0 saturated heterocycles. The van der Waals surface area contributed by atoms with Gasteiger partial charge in [-0.05, 0) is 302 Å². The molecule has 0 fully saturated rings. The molecule has 0 atom stereocenters. The lowest BCUT2D eigenvalue weighted by Gasteiger charge is -2.20. The van der Waals surface area contributed by atoms with Crippen molar-refractivity contribution in [3.8, 4) is 0 Å². The van der Waals surface area contributed by atoms with Gasteiger partial charge in [0.25, 0.3) is 11.8 Å². The van der Waals surface area contributed by atoms with E-state index < -0.39 is 11.9 Å². The molecule has 0 saturated carbocycles. The number of nitrogens with one attached hydrogen (secondary N) is 9. The Morgan fingerprint density at radius 3 is 0.754 bits per heavy atom. The van der Waals surface area contributed by atoms with E-state index in [1.165, 1.54) is 23.8 Å². The smallest absolute Gasteiger partial charge is 0.338 e. The highest BCUT2D eigenvalue weighted by atomic mass is 16.6. The average Bonchev–Trinajstić information content (AvgIpc) is 0.874. The first-order valence-corrected chi connectivity index (χ1v) is 45.5. The number of carboxylic acids is 1. The summed E-state index contributed by atoms with van der Waals surface area (Å²) in [6.07, 6.45) is 0.947. The van der Waals surface area contributed by atoms with Gasteiger partial charge in [-0.3, -0.25) is 19.2 Å². The molecule has 3 amide bonds. The summed E-state index contributed by atoms with van der Waals surface area (Å²) < 4.78 is 19.3. The van der Waals surface area contributed by atoms with Crippen LogP contribution in [0.3, 0.4) is 0 Å². The number of rotatable bonds is 32. The molecule has 0 radical (unpaired) electrons. The predicted octanol–water partition coefficient (Wildman–Crippen LogP) is 17.2. The number of ether oxygens (including phenoxy) is 4. The Morgan fingerprint density at radius 2 is 0.537 bits per heavy atom. The molecule has 134 heavy (non-hydrogen) atoms. The molecule has 14 N–H and O–H groups in total. The van der Waals surface area contributed by atoms with Gasteiger partial charge in [0.15, 0.2) is 5.78 Å². The summed E-state index contributed by atoms with van der Waals surface area (Å²) in [6, 6.07) is 59.5. The zero-order valence-electron chi connectivity index (χ0n) is 85.8. The van der Waals surface area contributed by atoms with Crippen molar-refractivity contribution < 1.29 is 72.6 Å². The van der Waals surface area contributed by atoms with Crippen LogP contribution in [0.2, 0.25) is 0 Å². The maximum absolute atomic E-state index is 11.7. The molecular formula is C108H163N11O15. The molecule has 740 valence electrons. The Hall–Kier alpha value is -10.7. The van der Waals surface area contributed by atoms with Crippen molar-refractivity contribution in [2.45, 2.75) is 276 Å². The van der Waals surface area contributed by atoms with Crippen molar-refractivity contribution in [2.75, 3.05) is 68.4 Å². The minimum atomic E-state index is -0.884. The van der Waals surface area contributed by atoms with Gasteiger partial charge in [-0.1, -0.05) is 109 Å². The maximum Gasteiger partial charge on any atom is 0.338 e. The van der Waals surface area contributed by atoms with E-state index in [1.54, 1.807) is 93.8 Å². The second-order valence-corrected chi connectivity index (χ2v) is 40.6. The first kappa shape index (κ1) is 121. The summed E-state index contributed by atoms with van der Waals surface area (Å²) in [7, 11) is 8.12. The van der Waals surface area contributed by atoms with Gasteiger partial charge in [-0.25, -0.2) is 19.2 Å². The Morgan fingerprint density at radius 1 is 0.306 bits per heavy atom. The van der Waals surface area contributed by atoms with Crippen molar-refractivity contribution in [1.82, 2.24) is 52.8 Å². The first-order valence-electron chi connectivity index (χ1n) is 45.5. The molecule has 0 bridgehead atoms. The van der Waals surface area contributed by atoms with Crippen LogP contribution in [0.25, 0.3) is 0 Å². The maximum atomic E-state index is 11.7. The molecular weight excluding hydrogens is 1690 g/mol. The van der Waals surface area contributed by atoms with Gasteiger partial charge in [0.2, 0.25) is 5.91 Å². The fourth-order valence-corrected chi connectivity index (χ4v) is 10.5. The normalized spacial score (nSPS) is 11.4. The molecule has 8 aromatic rings. The molecule has 0 spiro atoms. The number of methoxy groups -OCH3 is 2. The molecule has 0 aliphatic rings. The van der Waals surface area contributed by atoms with Crippen molar-refractivity contribution in [3.63, 3.8) is 0 Å². The van der Waals surface area contributed by atoms with Gasteiger partial charge in [-0.2, -0.15) is 0 Å². The van der Waals surface area contributed by atoms with Gasteiger partial charge >= 0.3 is 23.9 Å². The number of aliphatic hydroxyl groups is 2. The number of ketones is 1. The van der Waals surface area contributed by atoms with Crippen molar-refractivity contribution in [3.05, 3.63) is 283 Å². The van der Waals surface area contributed by atoms with Crippen LogP contribution in [0.4, 0.5) is 0 Å². The Labute approximate surface area is 801 Å². The fourth-order valence-electron chi connectivity index (χ4n) is 10.5. The largest absolute Gasteiger partial charge is 0.478 e. The highest BCUT2D eigenvalue weighted by molar-refractivity contribution is 5.97. The van der Waals surface area contributed by atoms with E-state index in [0.29, 0.717) is 52.8 Å². The number of hydrogen-bond donors (Lipinski definition) is 13. The Balaban J connectivity index is 0.000000767. The molecule has 26 nitrogen and oxygen atoms in total. The zero-order chi connectivity index (χ0) is 102. The van der Waals surface area contributed by atoms with Crippen LogP contribution in [-0.4, -0.2) is 180 Å². The van der Waals surface area contributed by atoms with Gasteiger partial charge in [0.05, 0.1) is 42.6 Å². The molecule has 0 aromatic heterocycles. The van der Waals surface area contributed by atoms with E-state index in [0.717, 1.165) is 91.3 Å². The summed E-state index contributed by atoms with van der Waals surface area (Å²) in [5, 5.41) is 55.7. The second-order valence-electron chi connectivity index (χ2n) is 40.6. The fraction of sp³-hybridized carbons (Fsp3) is 0.481. The highest BCUT2D eigenvalue weighted by Crippen LogP contribution is 2.18. The van der Waals surface area contributed by atoms with Gasteiger partial charge in [0.1, 0.15) is 13.2 Å². The molecule has 0 unspecified atom stereocenters. The third kappa shape index (κ3) is 60.5. The van der Waals surface area contributed by atoms with Gasteiger partial charge < -0.3 is 92.8 Å². The van der Waals surface area contributed by atoms with Crippen LogP contribution < -0.4 is 53.6 Å².